The lowest BCUT2D eigenvalue weighted by Crippen LogP contribution is -2.24. The van der Waals surface area contributed by atoms with E-state index in [0.717, 1.165) is 10.4 Å². The van der Waals surface area contributed by atoms with Crippen LogP contribution < -0.4 is 10.3 Å². The predicted molar refractivity (Wildman–Crippen MR) is 67.4 cm³/mol. The average Bonchev–Trinajstić information content (AvgIpc) is 2.41. The second-order valence-electron chi connectivity index (χ2n) is 3.73. The van der Waals surface area contributed by atoms with Gasteiger partial charge in [0.15, 0.2) is 0 Å². The third-order valence-electron chi connectivity index (χ3n) is 2.45. The number of nitrogens with zero attached hydrogens (tertiary/aromatic N) is 3. The van der Waals surface area contributed by atoms with E-state index in [1.807, 2.05) is 30.3 Å². The summed E-state index contributed by atoms with van der Waals surface area (Å²) in [5.74, 6) is 0. The van der Waals surface area contributed by atoms with E-state index >= 15 is 0 Å². The van der Waals surface area contributed by atoms with Gasteiger partial charge in [0.05, 0.1) is 5.36 Å². The Labute approximate surface area is 104 Å². The van der Waals surface area contributed by atoms with Crippen molar-refractivity contribution < 1.29 is 10.0 Å². The Morgan fingerprint density at radius 2 is 1.78 bits per heavy atom. The van der Waals surface area contributed by atoms with E-state index in [1.54, 1.807) is 19.2 Å². The Kier molecular flexibility index (Phi) is 3.43. The molecule has 1 N–H and O–H groups in total. The van der Waals surface area contributed by atoms with E-state index in [2.05, 4.69) is 4.99 Å². The van der Waals surface area contributed by atoms with Crippen LogP contribution >= 0.6 is 0 Å². The molecule has 92 valence electrons. The summed E-state index contributed by atoms with van der Waals surface area (Å²) < 4.78 is 0.893. The monoisotopic (exact) mass is 243 g/mol. The summed E-state index contributed by atoms with van der Waals surface area (Å²) in [4.78, 5) is 17.3. The van der Waals surface area contributed by atoms with Crippen LogP contribution in [0.2, 0.25) is 0 Å². The van der Waals surface area contributed by atoms with Crippen LogP contribution in [0.4, 0.5) is 10.5 Å². The first kappa shape index (κ1) is 11.9. The van der Waals surface area contributed by atoms with Crippen molar-refractivity contribution in [2.45, 2.75) is 0 Å². The lowest BCUT2D eigenvalue weighted by Gasteiger charge is -2.13. The van der Waals surface area contributed by atoms with Crippen LogP contribution in [-0.2, 0) is 0 Å². The Morgan fingerprint density at radius 3 is 2.39 bits per heavy atom. The van der Waals surface area contributed by atoms with E-state index < -0.39 is 0 Å². The summed E-state index contributed by atoms with van der Waals surface area (Å²) >= 11 is 0. The zero-order valence-electron chi connectivity index (χ0n) is 9.89. The van der Waals surface area contributed by atoms with Gasteiger partial charge in [0.2, 0.25) is 0 Å². The maximum atomic E-state index is 11.9. The van der Waals surface area contributed by atoms with Gasteiger partial charge in [-0.15, -0.1) is 0 Å². The van der Waals surface area contributed by atoms with Crippen LogP contribution in [0.5, 0.6) is 0 Å². The molecular formula is C13H13N3O2. The van der Waals surface area contributed by atoms with Crippen LogP contribution in [0.1, 0.15) is 0 Å². The molecule has 1 aromatic heterocycles. The Morgan fingerprint density at radius 1 is 1.17 bits per heavy atom. The zero-order valence-corrected chi connectivity index (χ0v) is 9.89. The van der Waals surface area contributed by atoms with Gasteiger partial charge in [-0.1, -0.05) is 18.2 Å². The van der Waals surface area contributed by atoms with Crippen molar-refractivity contribution in [1.82, 2.24) is 4.73 Å². The van der Waals surface area contributed by atoms with Crippen LogP contribution in [-0.4, -0.2) is 23.0 Å². The van der Waals surface area contributed by atoms with Gasteiger partial charge < -0.3 is 5.21 Å². The molecule has 2 amide bonds. The maximum absolute atomic E-state index is 11.9. The third-order valence-corrected chi connectivity index (χ3v) is 2.45. The van der Waals surface area contributed by atoms with Crippen LogP contribution in [0.25, 0.3) is 0 Å². The highest BCUT2D eigenvalue weighted by Crippen LogP contribution is 2.11. The molecule has 0 spiro atoms. The van der Waals surface area contributed by atoms with Crippen molar-refractivity contribution in [3.05, 3.63) is 60.2 Å². The number of anilines is 1. The number of aromatic nitrogens is 1. The van der Waals surface area contributed by atoms with Crippen molar-refractivity contribution >= 4 is 11.7 Å². The molecule has 0 aliphatic heterocycles. The standard InChI is InChI=1S/C13H13N3O2/c1-15(12-5-3-2-4-6-12)13(17)14-11-7-9-16(18)10-8-11/h2-10,18H,1H3. The topological polar surface area (TPSA) is 57.8 Å². The molecule has 5 nitrogen and oxygen atoms in total. The molecule has 2 rings (SSSR count). The highest BCUT2D eigenvalue weighted by Gasteiger charge is 2.07. The van der Waals surface area contributed by atoms with Gasteiger partial charge in [-0.2, -0.15) is 4.99 Å². The molecule has 1 heterocycles. The number of carbonyl (C=O) groups is 1. The number of rotatable bonds is 1. The summed E-state index contributed by atoms with van der Waals surface area (Å²) in [5, 5.41) is 9.55. The second-order valence-corrected chi connectivity index (χ2v) is 3.73. The van der Waals surface area contributed by atoms with Gasteiger partial charge in [0.25, 0.3) is 0 Å². The number of benzene rings is 1. The van der Waals surface area contributed by atoms with E-state index in [0.29, 0.717) is 5.36 Å². The number of hydrogen-bond donors (Lipinski definition) is 1. The molecule has 0 saturated heterocycles. The lowest BCUT2D eigenvalue weighted by atomic mass is 10.3. The van der Waals surface area contributed by atoms with Crippen LogP contribution in [0, 0.1) is 0 Å². The van der Waals surface area contributed by atoms with Crippen LogP contribution in [0.3, 0.4) is 0 Å². The summed E-state index contributed by atoms with van der Waals surface area (Å²) in [6.45, 7) is 0. The number of urea groups is 1. The van der Waals surface area contributed by atoms with Gasteiger partial charge in [0.1, 0.15) is 0 Å². The largest absolute Gasteiger partial charge is 0.429 e. The minimum Gasteiger partial charge on any atom is -0.429 e. The average molecular weight is 243 g/mol. The molecular weight excluding hydrogens is 230 g/mol. The minimum absolute atomic E-state index is 0.364. The lowest BCUT2D eigenvalue weighted by molar-refractivity contribution is 0.184. The SMILES string of the molecule is CN(C(=O)N=c1ccn(O)cc1)c1ccccc1. The molecule has 0 saturated carbocycles. The van der Waals surface area contributed by atoms with E-state index in [-0.39, 0.29) is 6.03 Å². The quantitative estimate of drug-likeness (QED) is 0.777. The summed E-state index contributed by atoms with van der Waals surface area (Å²) in [5.41, 5.74) is 0.777. The fourth-order valence-corrected chi connectivity index (χ4v) is 1.43. The Balaban J connectivity index is 2.23. The summed E-state index contributed by atoms with van der Waals surface area (Å²) in [7, 11) is 1.66. The van der Waals surface area contributed by atoms with Crippen molar-refractivity contribution in [2.24, 2.45) is 4.99 Å². The predicted octanol–water partition coefficient (Wildman–Crippen LogP) is 1.88. The van der Waals surface area contributed by atoms with E-state index in [4.69, 9.17) is 5.21 Å². The zero-order chi connectivity index (χ0) is 13.0. The van der Waals surface area contributed by atoms with Crippen molar-refractivity contribution in [1.29, 1.82) is 0 Å². The number of carbonyl (C=O) groups excluding carboxylic acids is 1. The molecule has 0 bridgehead atoms. The molecule has 0 unspecified atom stereocenters. The smallest absolute Gasteiger partial charge is 0.348 e. The molecule has 1 aromatic carbocycles. The fraction of sp³-hybridized carbons (Fsp3) is 0.0769. The van der Waals surface area contributed by atoms with E-state index in [9.17, 15) is 4.79 Å². The molecule has 2 aromatic rings. The molecule has 0 fully saturated rings. The van der Waals surface area contributed by atoms with Gasteiger partial charge in [-0.3, -0.25) is 4.90 Å². The summed E-state index contributed by atoms with van der Waals surface area (Å²) in [6.07, 6.45) is 2.82. The third kappa shape index (κ3) is 2.76. The second kappa shape index (κ2) is 5.18. The van der Waals surface area contributed by atoms with Crippen molar-refractivity contribution in [3.8, 4) is 0 Å². The number of amides is 2. The number of para-hydroxylation sites is 1. The highest BCUT2D eigenvalue weighted by atomic mass is 16.5. The van der Waals surface area contributed by atoms with E-state index in [1.165, 1.54) is 17.3 Å². The highest BCUT2D eigenvalue weighted by molar-refractivity contribution is 5.91. The Hall–Kier alpha value is -2.56. The first-order valence-electron chi connectivity index (χ1n) is 5.42. The van der Waals surface area contributed by atoms with Gasteiger partial charge in [-0.05, 0) is 24.3 Å². The molecule has 0 radical (unpaired) electrons. The Bertz CT molecular complexity index is 585. The first-order valence-corrected chi connectivity index (χ1v) is 5.42. The fourth-order valence-electron chi connectivity index (χ4n) is 1.43. The molecule has 0 atom stereocenters. The van der Waals surface area contributed by atoms with Gasteiger partial charge in [0, 0.05) is 25.1 Å². The van der Waals surface area contributed by atoms with Crippen molar-refractivity contribution in [2.75, 3.05) is 11.9 Å². The molecule has 5 heteroatoms. The maximum Gasteiger partial charge on any atom is 0.348 e. The van der Waals surface area contributed by atoms with Gasteiger partial charge in [-0.25, -0.2) is 9.52 Å². The molecule has 18 heavy (non-hydrogen) atoms. The van der Waals surface area contributed by atoms with Crippen molar-refractivity contribution in [3.63, 3.8) is 0 Å². The number of pyridine rings is 1. The van der Waals surface area contributed by atoms with Crippen LogP contribution in [0.15, 0.2) is 59.9 Å². The first-order chi connectivity index (χ1) is 8.66. The normalized spacial score (nSPS) is 9.83. The molecule has 0 aliphatic carbocycles. The summed E-state index contributed by atoms with van der Waals surface area (Å²) in [6, 6.07) is 12.0. The van der Waals surface area contributed by atoms with Gasteiger partial charge >= 0.3 is 6.03 Å². The minimum atomic E-state index is -0.364. The molecule has 0 aliphatic rings. The number of hydrogen-bond acceptors (Lipinski definition) is 2.